The van der Waals surface area contributed by atoms with E-state index in [9.17, 15) is 0 Å². The van der Waals surface area contributed by atoms with Gasteiger partial charge in [-0.3, -0.25) is 0 Å². The molecule has 2 heterocycles. The van der Waals surface area contributed by atoms with Crippen molar-refractivity contribution in [3.05, 3.63) is 41.2 Å². The summed E-state index contributed by atoms with van der Waals surface area (Å²) in [6.45, 7) is 7.74. The van der Waals surface area contributed by atoms with Gasteiger partial charge in [-0.05, 0) is 101 Å². The van der Waals surface area contributed by atoms with Crippen molar-refractivity contribution in [3.8, 4) is 11.4 Å². The number of nitrogens with zero attached hydrogens (tertiary/aromatic N) is 3. The standard InChI is InChI=1S/C26H37N3O/c1-19-7-5-16-28(19)17-6-18-30-23-13-11-22(12-14-23)29-26-24(20(2)27-29)15-10-21-8-3-4-9-25(21)26/h11-14,19,21,25H,3-10,15-18H2,1-2H3/t19?,21-,25+/m0/s1. The van der Waals surface area contributed by atoms with Gasteiger partial charge in [0.05, 0.1) is 23.7 Å². The van der Waals surface area contributed by atoms with Gasteiger partial charge in [-0.2, -0.15) is 5.10 Å². The number of hydrogen-bond donors (Lipinski definition) is 0. The molecule has 2 fully saturated rings. The van der Waals surface area contributed by atoms with E-state index in [0.29, 0.717) is 5.92 Å². The molecule has 30 heavy (non-hydrogen) atoms. The Labute approximate surface area is 181 Å². The van der Waals surface area contributed by atoms with Crippen molar-refractivity contribution in [1.82, 2.24) is 14.7 Å². The molecule has 1 aromatic carbocycles. The first-order chi connectivity index (χ1) is 14.7. The quantitative estimate of drug-likeness (QED) is 0.579. The van der Waals surface area contributed by atoms with E-state index in [1.165, 1.54) is 80.6 Å². The molecule has 2 aliphatic carbocycles. The second-order valence-corrected chi connectivity index (χ2v) is 9.77. The zero-order valence-electron chi connectivity index (χ0n) is 18.8. The Morgan fingerprint density at radius 3 is 2.67 bits per heavy atom. The van der Waals surface area contributed by atoms with Crippen LogP contribution in [0.4, 0.5) is 0 Å². The summed E-state index contributed by atoms with van der Waals surface area (Å²) in [5, 5.41) is 4.98. The summed E-state index contributed by atoms with van der Waals surface area (Å²) in [5.74, 6) is 2.54. The lowest BCUT2D eigenvalue weighted by Gasteiger charge is -2.36. The maximum absolute atomic E-state index is 6.04. The van der Waals surface area contributed by atoms with Crippen LogP contribution in [0.3, 0.4) is 0 Å². The van der Waals surface area contributed by atoms with E-state index in [0.717, 1.165) is 37.3 Å². The van der Waals surface area contributed by atoms with E-state index in [2.05, 4.69) is 47.7 Å². The van der Waals surface area contributed by atoms with Crippen molar-refractivity contribution >= 4 is 0 Å². The van der Waals surface area contributed by atoms with Gasteiger partial charge in [-0.15, -0.1) is 0 Å². The average molecular weight is 408 g/mol. The van der Waals surface area contributed by atoms with Gasteiger partial charge in [0, 0.05) is 18.5 Å². The lowest BCUT2D eigenvalue weighted by Crippen LogP contribution is -2.28. The molecule has 1 aromatic heterocycles. The SMILES string of the molecule is Cc1nn(-c2ccc(OCCCN3CCCC3C)cc2)c2c1CC[C@@H]1CCCC[C@@H]21. The van der Waals surface area contributed by atoms with Gasteiger partial charge in [0.2, 0.25) is 0 Å². The van der Waals surface area contributed by atoms with Crippen LogP contribution in [0, 0.1) is 12.8 Å². The predicted molar refractivity (Wildman–Crippen MR) is 122 cm³/mol. The van der Waals surface area contributed by atoms with Gasteiger partial charge in [0.25, 0.3) is 0 Å². The number of aromatic nitrogens is 2. The molecule has 4 heteroatoms. The van der Waals surface area contributed by atoms with Crippen LogP contribution < -0.4 is 4.74 Å². The Balaban J connectivity index is 1.25. The van der Waals surface area contributed by atoms with Crippen molar-refractivity contribution < 1.29 is 4.74 Å². The molecule has 4 nitrogen and oxygen atoms in total. The number of benzene rings is 1. The summed E-state index contributed by atoms with van der Waals surface area (Å²) < 4.78 is 8.29. The van der Waals surface area contributed by atoms with Crippen LogP contribution in [0.25, 0.3) is 5.69 Å². The topological polar surface area (TPSA) is 30.3 Å². The van der Waals surface area contributed by atoms with Crippen LogP contribution >= 0.6 is 0 Å². The molecule has 0 spiro atoms. The zero-order chi connectivity index (χ0) is 20.5. The molecule has 5 rings (SSSR count). The van der Waals surface area contributed by atoms with Crippen LogP contribution in [0.2, 0.25) is 0 Å². The van der Waals surface area contributed by atoms with E-state index in [4.69, 9.17) is 9.84 Å². The first-order valence-corrected chi connectivity index (χ1v) is 12.3. The van der Waals surface area contributed by atoms with Crippen molar-refractivity contribution in [2.24, 2.45) is 5.92 Å². The molecule has 162 valence electrons. The number of ether oxygens (including phenoxy) is 1. The smallest absolute Gasteiger partial charge is 0.119 e. The van der Waals surface area contributed by atoms with E-state index < -0.39 is 0 Å². The molecular formula is C26H37N3O. The molecule has 1 saturated heterocycles. The summed E-state index contributed by atoms with van der Waals surface area (Å²) in [7, 11) is 0. The Kier molecular flexibility index (Phi) is 5.86. The minimum atomic E-state index is 0.701. The van der Waals surface area contributed by atoms with E-state index in [1.54, 1.807) is 0 Å². The number of fused-ring (bicyclic) bond motifs is 3. The second kappa shape index (κ2) is 8.74. The van der Waals surface area contributed by atoms with Gasteiger partial charge in [-0.25, -0.2) is 4.68 Å². The molecule has 3 atom stereocenters. The largest absolute Gasteiger partial charge is 0.494 e. The van der Waals surface area contributed by atoms with Gasteiger partial charge in [0.15, 0.2) is 0 Å². The van der Waals surface area contributed by atoms with Crippen molar-refractivity contribution in [2.75, 3.05) is 19.7 Å². The maximum Gasteiger partial charge on any atom is 0.119 e. The van der Waals surface area contributed by atoms with Crippen molar-refractivity contribution in [2.45, 2.75) is 83.6 Å². The van der Waals surface area contributed by atoms with Crippen LogP contribution in [0.15, 0.2) is 24.3 Å². The summed E-state index contributed by atoms with van der Waals surface area (Å²) in [4.78, 5) is 2.59. The van der Waals surface area contributed by atoms with E-state index >= 15 is 0 Å². The highest BCUT2D eigenvalue weighted by Crippen LogP contribution is 2.46. The molecule has 2 aromatic rings. The Bertz CT molecular complexity index is 856. The first-order valence-electron chi connectivity index (χ1n) is 12.3. The molecule has 1 saturated carbocycles. The molecule has 0 radical (unpaired) electrons. The molecular weight excluding hydrogens is 370 g/mol. The van der Waals surface area contributed by atoms with E-state index in [-0.39, 0.29) is 0 Å². The van der Waals surface area contributed by atoms with Gasteiger partial charge in [0.1, 0.15) is 5.75 Å². The Morgan fingerprint density at radius 2 is 1.87 bits per heavy atom. The van der Waals surface area contributed by atoms with Crippen LogP contribution in [0.1, 0.15) is 81.2 Å². The summed E-state index contributed by atoms with van der Waals surface area (Å²) in [6.07, 6.45) is 11.9. The molecule has 0 N–H and O–H groups in total. The monoisotopic (exact) mass is 407 g/mol. The Hall–Kier alpha value is -1.81. The normalized spacial score (nSPS) is 26.4. The fourth-order valence-corrected chi connectivity index (χ4v) is 6.17. The van der Waals surface area contributed by atoms with Gasteiger partial charge in [-0.1, -0.05) is 12.8 Å². The lowest BCUT2D eigenvalue weighted by molar-refractivity contribution is 0.230. The van der Waals surface area contributed by atoms with Gasteiger partial charge >= 0.3 is 0 Å². The second-order valence-electron chi connectivity index (χ2n) is 9.77. The molecule has 1 unspecified atom stereocenters. The number of rotatable bonds is 6. The van der Waals surface area contributed by atoms with Crippen LogP contribution in [-0.2, 0) is 6.42 Å². The summed E-state index contributed by atoms with van der Waals surface area (Å²) >= 11 is 0. The maximum atomic E-state index is 6.04. The van der Waals surface area contributed by atoms with Crippen LogP contribution in [0.5, 0.6) is 5.75 Å². The highest BCUT2D eigenvalue weighted by molar-refractivity contribution is 5.43. The van der Waals surface area contributed by atoms with Gasteiger partial charge < -0.3 is 9.64 Å². The summed E-state index contributed by atoms with van der Waals surface area (Å²) in [5.41, 5.74) is 5.45. The highest BCUT2D eigenvalue weighted by atomic mass is 16.5. The van der Waals surface area contributed by atoms with Crippen molar-refractivity contribution in [3.63, 3.8) is 0 Å². The first kappa shape index (κ1) is 20.1. The molecule has 1 aliphatic heterocycles. The Morgan fingerprint density at radius 1 is 1.03 bits per heavy atom. The van der Waals surface area contributed by atoms with E-state index in [1.807, 2.05) is 0 Å². The number of hydrogen-bond acceptors (Lipinski definition) is 3. The fraction of sp³-hybridized carbons (Fsp3) is 0.654. The zero-order valence-corrected chi connectivity index (χ0v) is 18.8. The number of likely N-dealkylation sites (tertiary alicyclic amines) is 1. The molecule has 0 bridgehead atoms. The third-order valence-corrected chi connectivity index (χ3v) is 7.88. The minimum absolute atomic E-state index is 0.701. The van der Waals surface area contributed by atoms with Crippen molar-refractivity contribution in [1.29, 1.82) is 0 Å². The predicted octanol–water partition coefficient (Wildman–Crippen LogP) is 5.65. The summed E-state index contributed by atoms with van der Waals surface area (Å²) in [6, 6.07) is 9.38. The lowest BCUT2D eigenvalue weighted by atomic mass is 9.70. The average Bonchev–Trinajstić information content (AvgIpc) is 3.34. The number of aryl methyl sites for hydroxylation is 1. The minimum Gasteiger partial charge on any atom is -0.494 e. The van der Waals surface area contributed by atoms with Crippen LogP contribution in [-0.4, -0.2) is 40.4 Å². The third kappa shape index (κ3) is 3.91. The third-order valence-electron chi connectivity index (χ3n) is 7.88. The molecule has 0 amide bonds. The fourth-order valence-electron chi connectivity index (χ4n) is 6.17. The highest BCUT2D eigenvalue weighted by Gasteiger charge is 2.36. The molecule has 3 aliphatic rings.